The number of aryl methyl sites for hydroxylation is 2. The van der Waals surface area contributed by atoms with Crippen molar-refractivity contribution in [1.82, 2.24) is 0 Å². The van der Waals surface area contributed by atoms with Gasteiger partial charge in [0.2, 0.25) is 0 Å². The first kappa shape index (κ1) is 9.54. The Hall–Kier alpha value is -0.0100. The third-order valence-corrected chi connectivity index (χ3v) is 4.41. The van der Waals surface area contributed by atoms with Crippen LogP contribution in [0.4, 0.5) is 0 Å². The molecule has 0 aromatic carbocycles. The van der Waals surface area contributed by atoms with Gasteiger partial charge in [-0.25, -0.2) is 0 Å². The SMILES string of the molecule is Cc1ccsc1CCC(Cl)C1CC1. The Kier molecular flexibility index (Phi) is 2.95. The van der Waals surface area contributed by atoms with Crippen LogP contribution in [0.25, 0.3) is 0 Å². The molecule has 1 saturated carbocycles. The zero-order valence-corrected chi connectivity index (χ0v) is 9.50. The first-order valence-corrected chi connectivity index (χ1v) is 6.26. The highest BCUT2D eigenvalue weighted by Gasteiger charge is 2.29. The summed E-state index contributed by atoms with van der Waals surface area (Å²) < 4.78 is 0. The van der Waals surface area contributed by atoms with Gasteiger partial charge in [0, 0.05) is 10.3 Å². The van der Waals surface area contributed by atoms with Gasteiger partial charge in [-0.2, -0.15) is 0 Å². The quantitative estimate of drug-likeness (QED) is 0.665. The van der Waals surface area contributed by atoms with Crippen molar-refractivity contribution in [3.8, 4) is 0 Å². The molecule has 0 spiro atoms. The maximum Gasteiger partial charge on any atom is 0.0367 e. The van der Waals surface area contributed by atoms with Gasteiger partial charge < -0.3 is 0 Å². The molecule has 0 bridgehead atoms. The molecule has 1 aromatic heterocycles. The molecule has 1 aromatic rings. The number of alkyl halides is 1. The highest BCUT2D eigenvalue weighted by Crippen LogP contribution is 2.38. The Bertz CT molecular complexity index is 275. The average molecular weight is 215 g/mol. The minimum atomic E-state index is 0.432. The highest BCUT2D eigenvalue weighted by molar-refractivity contribution is 7.10. The van der Waals surface area contributed by atoms with E-state index in [0.717, 1.165) is 12.3 Å². The number of thiophene rings is 1. The molecule has 1 atom stereocenters. The fraction of sp³-hybridized carbons (Fsp3) is 0.636. The van der Waals surface area contributed by atoms with Crippen LogP contribution in [0.1, 0.15) is 29.7 Å². The van der Waals surface area contributed by atoms with Crippen LogP contribution in [0.5, 0.6) is 0 Å². The van der Waals surface area contributed by atoms with Crippen LogP contribution < -0.4 is 0 Å². The summed E-state index contributed by atoms with van der Waals surface area (Å²) in [6.07, 6.45) is 5.05. The van der Waals surface area contributed by atoms with Crippen LogP contribution in [0, 0.1) is 12.8 Å². The van der Waals surface area contributed by atoms with Gasteiger partial charge >= 0.3 is 0 Å². The van der Waals surface area contributed by atoms with Gasteiger partial charge in [-0.1, -0.05) is 0 Å². The molecule has 1 heterocycles. The number of hydrogen-bond acceptors (Lipinski definition) is 1. The van der Waals surface area contributed by atoms with E-state index in [-0.39, 0.29) is 0 Å². The minimum absolute atomic E-state index is 0.432. The predicted molar refractivity (Wildman–Crippen MR) is 59.7 cm³/mol. The maximum absolute atomic E-state index is 6.25. The van der Waals surface area contributed by atoms with Crippen LogP contribution in [-0.4, -0.2) is 5.38 Å². The summed E-state index contributed by atoms with van der Waals surface area (Å²) >= 11 is 8.12. The van der Waals surface area contributed by atoms with E-state index in [4.69, 9.17) is 11.6 Å². The van der Waals surface area contributed by atoms with Crippen molar-refractivity contribution in [3.05, 3.63) is 21.9 Å². The van der Waals surface area contributed by atoms with Crippen molar-refractivity contribution in [3.63, 3.8) is 0 Å². The second kappa shape index (κ2) is 4.02. The molecule has 0 amide bonds. The first-order valence-electron chi connectivity index (χ1n) is 4.94. The Morgan fingerprint density at radius 2 is 2.38 bits per heavy atom. The van der Waals surface area contributed by atoms with Crippen LogP contribution in [0.2, 0.25) is 0 Å². The third-order valence-electron chi connectivity index (χ3n) is 2.75. The van der Waals surface area contributed by atoms with Crippen molar-refractivity contribution in [2.24, 2.45) is 5.92 Å². The van der Waals surface area contributed by atoms with E-state index < -0.39 is 0 Å². The fourth-order valence-electron chi connectivity index (χ4n) is 1.62. The van der Waals surface area contributed by atoms with E-state index in [1.54, 1.807) is 0 Å². The summed E-state index contributed by atoms with van der Waals surface area (Å²) in [5, 5.41) is 2.60. The monoisotopic (exact) mass is 214 g/mol. The molecule has 0 saturated heterocycles. The van der Waals surface area contributed by atoms with Crippen molar-refractivity contribution < 1.29 is 0 Å². The Labute approximate surface area is 88.9 Å². The van der Waals surface area contributed by atoms with Crippen molar-refractivity contribution >= 4 is 22.9 Å². The van der Waals surface area contributed by atoms with Gasteiger partial charge in [-0.05, 0) is 55.5 Å². The molecule has 0 N–H and O–H groups in total. The summed E-state index contributed by atoms with van der Waals surface area (Å²) in [5.74, 6) is 0.835. The molecule has 0 aliphatic heterocycles. The summed E-state index contributed by atoms with van der Waals surface area (Å²) in [5.41, 5.74) is 1.43. The van der Waals surface area contributed by atoms with Gasteiger partial charge in [-0.3, -0.25) is 0 Å². The second-order valence-corrected chi connectivity index (χ2v) is 5.48. The minimum Gasteiger partial charge on any atom is -0.149 e. The molecule has 13 heavy (non-hydrogen) atoms. The van der Waals surface area contributed by atoms with Crippen molar-refractivity contribution in [1.29, 1.82) is 0 Å². The van der Waals surface area contributed by atoms with Crippen LogP contribution in [0.3, 0.4) is 0 Å². The molecular weight excluding hydrogens is 200 g/mol. The van der Waals surface area contributed by atoms with Gasteiger partial charge in [-0.15, -0.1) is 22.9 Å². The van der Waals surface area contributed by atoms with Crippen LogP contribution in [0.15, 0.2) is 11.4 Å². The lowest BCUT2D eigenvalue weighted by molar-refractivity contribution is 0.679. The Morgan fingerprint density at radius 1 is 1.62 bits per heavy atom. The molecular formula is C11H15ClS. The van der Waals surface area contributed by atoms with E-state index in [2.05, 4.69) is 18.4 Å². The van der Waals surface area contributed by atoms with Gasteiger partial charge in [0.05, 0.1) is 0 Å². The van der Waals surface area contributed by atoms with Crippen LogP contribution in [-0.2, 0) is 6.42 Å². The van der Waals surface area contributed by atoms with E-state index >= 15 is 0 Å². The molecule has 1 fully saturated rings. The zero-order valence-electron chi connectivity index (χ0n) is 7.92. The summed E-state index contributed by atoms with van der Waals surface area (Å²) in [6.45, 7) is 2.19. The summed E-state index contributed by atoms with van der Waals surface area (Å²) in [4.78, 5) is 1.52. The van der Waals surface area contributed by atoms with E-state index in [1.807, 2.05) is 11.3 Å². The average Bonchev–Trinajstić information content (AvgIpc) is 2.88. The number of halogens is 1. The summed E-state index contributed by atoms with van der Waals surface area (Å²) in [6, 6.07) is 2.19. The lowest BCUT2D eigenvalue weighted by Gasteiger charge is -2.06. The largest absolute Gasteiger partial charge is 0.149 e. The molecule has 2 heteroatoms. The molecule has 1 aliphatic rings. The van der Waals surface area contributed by atoms with Gasteiger partial charge in [0.15, 0.2) is 0 Å². The van der Waals surface area contributed by atoms with E-state index in [1.165, 1.54) is 29.7 Å². The molecule has 1 aliphatic carbocycles. The Morgan fingerprint density at radius 3 is 2.92 bits per heavy atom. The predicted octanol–water partition coefficient (Wildman–Crippen LogP) is 4.01. The first-order chi connectivity index (χ1) is 6.27. The second-order valence-electron chi connectivity index (χ2n) is 3.92. The van der Waals surface area contributed by atoms with Crippen molar-refractivity contribution in [2.45, 2.75) is 38.0 Å². The smallest absolute Gasteiger partial charge is 0.0367 e. The maximum atomic E-state index is 6.25. The van der Waals surface area contributed by atoms with E-state index in [0.29, 0.717) is 5.38 Å². The molecule has 72 valence electrons. The number of hydrogen-bond donors (Lipinski definition) is 0. The molecule has 1 unspecified atom stereocenters. The third kappa shape index (κ3) is 2.47. The standard InChI is InChI=1S/C11H15ClS/c1-8-6-7-13-11(8)5-4-10(12)9-2-3-9/h6-7,9-10H,2-5H2,1H3. The van der Waals surface area contributed by atoms with Crippen LogP contribution >= 0.6 is 22.9 Å². The van der Waals surface area contributed by atoms with Crippen molar-refractivity contribution in [2.75, 3.05) is 0 Å². The fourth-order valence-corrected chi connectivity index (χ4v) is 2.91. The number of rotatable bonds is 4. The van der Waals surface area contributed by atoms with Gasteiger partial charge in [0.25, 0.3) is 0 Å². The van der Waals surface area contributed by atoms with Gasteiger partial charge in [0.1, 0.15) is 0 Å². The topological polar surface area (TPSA) is 0 Å². The Balaban J connectivity index is 1.81. The summed E-state index contributed by atoms with van der Waals surface area (Å²) in [7, 11) is 0. The normalized spacial score (nSPS) is 18.9. The van der Waals surface area contributed by atoms with E-state index in [9.17, 15) is 0 Å². The zero-order chi connectivity index (χ0) is 9.26. The lowest BCUT2D eigenvalue weighted by atomic mass is 10.1. The highest BCUT2D eigenvalue weighted by atomic mass is 35.5. The molecule has 2 rings (SSSR count). The lowest BCUT2D eigenvalue weighted by Crippen LogP contribution is -2.02. The molecule has 0 radical (unpaired) electrons. The molecule has 0 nitrogen and oxygen atoms in total.